The predicted octanol–water partition coefficient (Wildman–Crippen LogP) is 2.35. The lowest BCUT2D eigenvalue weighted by Gasteiger charge is -2.32. The molecule has 1 aliphatic carbocycles. The van der Waals surface area contributed by atoms with Crippen LogP contribution in [0.5, 0.6) is 11.5 Å². The Hall–Kier alpha value is -2.10. The molecule has 0 radical (unpaired) electrons. The number of carbonyl (C=O) groups is 1. The highest BCUT2D eigenvalue weighted by Crippen LogP contribution is 2.40. The summed E-state index contributed by atoms with van der Waals surface area (Å²) in [6, 6.07) is 8.36. The normalized spacial score (nSPS) is 23.8. The van der Waals surface area contributed by atoms with Gasteiger partial charge < -0.3 is 14.4 Å². The van der Waals surface area contributed by atoms with E-state index in [1.165, 1.54) is 18.4 Å². The Morgan fingerprint density at radius 1 is 1.21 bits per heavy atom. The number of benzene rings is 1. The number of sulfonamides is 1. The van der Waals surface area contributed by atoms with Gasteiger partial charge in [-0.1, -0.05) is 6.07 Å². The largest absolute Gasteiger partial charge is 0.497 e. The first kappa shape index (κ1) is 19.2. The second-order valence-corrected chi connectivity index (χ2v) is 9.96. The number of hydrogen-bond donors (Lipinski definition) is 1. The third kappa shape index (κ3) is 3.38. The number of methoxy groups -OCH3 is 2. The highest BCUT2D eigenvalue weighted by atomic mass is 32.2. The molecule has 1 aliphatic heterocycles. The van der Waals surface area contributed by atoms with Gasteiger partial charge in [0.25, 0.3) is 5.91 Å². The second-order valence-electron chi connectivity index (χ2n) is 7.07. The van der Waals surface area contributed by atoms with Crippen LogP contribution in [0.15, 0.2) is 39.9 Å². The minimum Gasteiger partial charge on any atom is -0.497 e. The lowest BCUT2D eigenvalue weighted by molar-refractivity contribution is 0.0688. The first-order chi connectivity index (χ1) is 13.4. The Labute approximate surface area is 168 Å². The summed E-state index contributed by atoms with van der Waals surface area (Å²) in [7, 11) is -0.412. The Bertz CT molecular complexity index is 974. The van der Waals surface area contributed by atoms with Crippen LogP contribution in [0.3, 0.4) is 0 Å². The molecular weight excluding hydrogens is 400 g/mol. The van der Waals surface area contributed by atoms with Crippen molar-refractivity contribution < 1.29 is 22.7 Å². The molecule has 9 heteroatoms. The van der Waals surface area contributed by atoms with E-state index < -0.39 is 10.0 Å². The van der Waals surface area contributed by atoms with E-state index in [0.717, 1.165) is 6.42 Å². The zero-order valence-electron chi connectivity index (χ0n) is 15.6. The average Bonchev–Trinajstić information content (AvgIpc) is 3.43. The summed E-state index contributed by atoms with van der Waals surface area (Å²) in [6.45, 7) is 0.538. The lowest BCUT2D eigenvalue weighted by Crippen LogP contribution is -2.47. The molecule has 1 aromatic carbocycles. The first-order valence-corrected chi connectivity index (χ1v) is 11.4. The van der Waals surface area contributed by atoms with Gasteiger partial charge in [-0.3, -0.25) is 4.79 Å². The van der Waals surface area contributed by atoms with Gasteiger partial charge in [0.15, 0.2) is 0 Å². The Kier molecular flexibility index (Phi) is 5.07. The fourth-order valence-electron chi connectivity index (χ4n) is 4.15. The number of nitrogens with one attached hydrogen (secondary N) is 1. The standard InChI is InChI=1S/C19H22N2O5S2/c1-25-14-5-6-15(17(10-14)26-2)19(22)21-11-12-8-13(21)9-16(12)20-28(23,24)18-4-3-7-27-18/h3-7,10,12-13,16,20H,8-9,11H2,1-2H3/t12-,13-,16-/m0/s1. The summed E-state index contributed by atoms with van der Waals surface area (Å²) in [5, 5.41) is 1.75. The van der Waals surface area contributed by atoms with E-state index in [1.54, 1.807) is 42.8 Å². The number of carbonyl (C=O) groups excluding carboxylic acids is 1. The van der Waals surface area contributed by atoms with Crippen LogP contribution < -0.4 is 14.2 Å². The van der Waals surface area contributed by atoms with Gasteiger partial charge in [0.1, 0.15) is 15.7 Å². The van der Waals surface area contributed by atoms with Crippen LogP contribution in [0.25, 0.3) is 0 Å². The number of fused-ring (bicyclic) bond motifs is 2. The number of amides is 1. The highest BCUT2D eigenvalue weighted by Gasteiger charge is 2.48. The minimum absolute atomic E-state index is 0.0281. The van der Waals surface area contributed by atoms with Gasteiger partial charge in [-0.25, -0.2) is 13.1 Å². The fourth-order valence-corrected chi connectivity index (χ4v) is 6.48. The minimum atomic E-state index is -3.50. The van der Waals surface area contributed by atoms with Crippen molar-refractivity contribution >= 4 is 27.3 Å². The number of hydrogen-bond acceptors (Lipinski definition) is 6. The number of likely N-dealkylation sites (tertiary alicyclic amines) is 1. The van der Waals surface area contributed by atoms with Gasteiger partial charge in [-0.2, -0.15) is 0 Å². The quantitative estimate of drug-likeness (QED) is 0.772. The van der Waals surface area contributed by atoms with E-state index in [9.17, 15) is 13.2 Å². The highest BCUT2D eigenvalue weighted by molar-refractivity contribution is 7.91. The van der Waals surface area contributed by atoms with E-state index in [4.69, 9.17) is 9.47 Å². The number of rotatable bonds is 6. The van der Waals surface area contributed by atoms with Crippen molar-refractivity contribution in [3.8, 4) is 11.5 Å². The van der Waals surface area contributed by atoms with Gasteiger partial charge in [-0.15, -0.1) is 11.3 Å². The van der Waals surface area contributed by atoms with Crippen molar-refractivity contribution in [2.75, 3.05) is 20.8 Å². The Morgan fingerprint density at radius 2 is 2.04 bits per heavy atom. The summed E-state index contributed by atoms with van der Waals surface area (Å²) < 4.78 is 38.7. The maximum Gasteiger partial charge on any atom is 0.257 e. The number of thiophene rings is 1. The van der Waals surface area contributed by atoms with E-state index >= 15 is 0 Å². The van der Waals surface area contributed by atoms with Crippen molar-refractivity contribution in [3.05, 3.63) is 41.3 Å². The maximum absolute atomic E-state index is 13.1. The van der Waals surface area contributed by atoms with Crippen LogP contribution in [-0.4, -0.2) is 52.1 Å². The van der Waals surface area contributed by atoms with E-state index in [2.05, 4.69) is 4.72 Å². The van der Waals surface area contributed by atoms with E-state index in [-0.39, 0.29) is 23.9 Å². The zero-order valence-corrected chi connectivity index (χ0v) is 17.3. The SMILES string of the molecule is COc1ccc(C(=O)N2C[C@@H]3C[C@H]2C[C@@H]3NS(=O)(=O)c2cccs2)c(OC)c1. The number of nitrogens with zero attached hydrogens (tertiary/aromatic N) is 1. The fraction of sp³-hybridized carbons (Fsp3) is 0.421. The molecule has 1 aromatic heterocycles. The van der Waals surface area contributed by atoms with E-state index in [1.807, 2.05) is 4.90 Å². The molecule has 4 rings (SSSR count). The van der Waals surface area contributed by atoms with Crippen LogP contribution in [0.2, 0.25) is 0 Å². The molecule has 150 valence electrons. The second kappa shape index (κ2) is 7.38. The molecule has 7 nitrogen and oxygen atoms in total. The van der Waals surface area contributed by atoms with Crippen molar-refractivity contribution in [1.82, 2.24) is 9.62 Å². The molecule has 0 unspecified atom stereocenters. The average molecular weight is 423 g/mol. The summed E-state index contributed by atoms with van der Waals surface area (Å²) in [5.74, 6) is 1.13. The smallest absolute Gasteiger partial charge is 0.257 e. The van der Waals surface area contributed by atoms with Gasteiger partial charge in [0.05, 0.1) is 19.8 Å². The molecule has 3 atom stereocenters. The maximum atomic E-state index is 13.1. The molecule has 1 saturated carbocycles. The van der Waals surface area contributed by atoms with Crippen LogP contribution in [0, 0.1) is 5.92 Å². The molecule has 2 heterocycles. The molecule has 2 aliphatic rings. The summed E-state index contributed by atoms with van der Waals surface area (Å²) in [6.07, 6.45) is 1.43. The van der Waals surface area contributed by atoms with Gasteiger partial charge >= 0.3 is 0 Å². The van der Waals surface area contributed by atoms with Crippen molar-refractivity contribution in [3.63, 3.8) is 0 Å². The third-order valence-electron chi connectivity index (χ3n) is 5.51. The Morgan fingerprint density at radius 3 is 2.64 bits per heavy atom. The van der Waals surface area contributed by atoms with E-state index in [0.29, 0.717) is 34.2 Å². The molecule has 28 heavy (non-hydrogen) atoms. The van der Waals surface area contributed by atoms with Crippen LogP contribution in [-0.2, 0) is 10.0 Å². The van der Waals surface area contributed by atoms with Crippen molar-refractivity contribution in [1.29, 1.82) is 0 Å². The van der Waals surface area contributed by atoms with Gasteiger partial charge in [-0.05, 0) is 42.3 Å². The molecule has 1 amide bonds. The van der Waals surface area contributed by atoms with Crippen LogP contribution >= 0.6 is 11.3 Å². The first-order valence-electron chi connectivity index (χ1n) is 9.01. The monoisotopic (exact) mass is 422 g/mol. The molecule has 2 aromatic rings. The molecule has 2 fully saturated rings. The number of ether oxygens (including phenoxy) is 2. The molecule has 1 N–H and O–H groups in total. The molecular formula is C19H22N2O5S2. The van der Waals surface area contributed by atoms with Crippen molar-refractivity contribution in [2.45, 2.75) is 29.1 Å². The van der Waals surface area contributed by atoms with Crippen LogP contribution in [0.1, 0.15) is 23.2 Å². The number of piperidine rings is 1. The summed E-state index contributed by atoms with van der Waals surface area (Å²) in [4.78, 5) is 14.9. The topological polar surface area (TPSA) is 84.9 Å². The zero-order chi connectivity index (χ0) is 19.9. The van der Waals surface area contributed by atoms with Crippen LogP contribution in [0.4, 0.5) is 0 Å². The summed E-state index contributed by atoms with van der Waals surface area (Å²) in [5.41, 5.74) is 0.492. The molecule has 2 bridgehead atoms. The Balaban J connectivity index is 1.46. The molecule has 1 saturated heterocycles. The third-order valence-corrected chi connectivity index (χ3v) is 8.40. The van der Waals surface area contributed by atoms with Crippen molar-refractivity contribution in [2.24, 2.45) is 5.92 Å². The summed E-state index contributed by atoms with van der Waals surface area (Å²) >= 11 is 1.20. The molecule has 0 spiro atoms. The van der Waals surface area contributed by atoms with Gasteiger partial charge in [0.2, 0.25) is 10.0 Å². The van der Waals surface area contributed by atoms with Gasteiger partial charge in [0, 0.05) is 24.7 Å². The lowest BCUT2D eigenvalue weighted by atomic mass is 10.0. The predicted molar refractivity (Wildman–Crippen MR) is 106 cm³/mol.